The Labute approximate surface area is 140 Å². The number of rotatable bonds is 3. The number of benzene rings is 1. The van der Waals surface area contributed by atoms with E-state index in [1.54, 1.807) is 10.5 Å². The van der Waals surface area contributed by atoms with Crippen molar-refractivity contribution in [1.29, 1.82) is 0 Å². The molecule has 0 aromatic heterocycles. The molecule has 0 N–H and O–H groups in total. The second-order valence-electron chi connectivity index (χ2n) is 9.07. The van der Waals surface area contributed by atoms with Gasteiger partial charge in [0.15, 0.2) is 0 Å². The third-order valence-electron chi connectivity index (χ3n) is 6.87. The van der Waals surface area contributed by atoms with E-state index < -0.39 is 0 Å². The van der Waals surface area contributed by atoms with Crippen LogP contribution < -0.4 is 0 Å². The molecular formula is C21H29NO. The number of carbonyl (C=O) groups excluding carboxylic acids is 1. The second-order valence-corrected chi connectivity index (χ2v) is 9.07. The third-order valence-corrected chi connectivity index (χ3v) is 6.87. The van der Waals surface area contributed by atoms with E-state index in [1.165, 1.54) is 44.1 Å². The van der Waals surface area contributed by atoms with Gasteiger partial charge in [-0.3, -0.25) is 4.79 Å². The monoisotopic (exact) mass is 311 g/mol. The number of nitrogens with zero attached hydrogens (tertiary/aromatic N) is 1. The fraction of sp³-hybridized carbons (Fsp3) is 0.667. The minimum Gasteiger partial charge on any atom is -0.349 e. The summed E-state index contributed by atoms with van der Waals surface area (Å²) < 4.78 is 0. The second kappa shape index (κ2) is 5.09. The van der Waals surface area contributed by atoms with Gasteiger partial charge in [-0.1, -0.05) is 29.8 Å². The van der Waals surface area contributed by atoms with Crippen LogP contribution in [0.1, 0.15) is 56.1 Å². The molecule has 1 aromatic carbocycles. The molecule has 1 aromatic rings. The minimum absolute atomic E-state index is 0.274. The van der Waals surface area contributed by atoms with Gasteiger partial charge in [-0.15, -0.1) is 0 Å². The van der Waals surface area contributed by atoms with Gasteiger partial charge in [0.25, 0.3) is 0 Å². The Morgan fingerprint density at radius 1 is 1.09 bits per heavy atom. The first-order valence-corrected chi connectivity index (χ1v) is 9.17. The first-order valence-electron chi connectivity index (χ1n) is 9.17. The van der Waals surface area contributed by atoms with Crippen molar-refractivity contribution >= 4 is 5.91 Å². The number of hydrogen-bond donors (Lipinski definition) is 0. The van der Waals surface area contributed by atoms with Crippen LogP contribution in [-0.4, -0.2) is 24.9 Å². The maximum Gasteiger partial charge on any atom is 0.222 e. The number of carbonyl (C=O) groups is 1. The van der Waals surface area contributed by atoms with Crippen LogP contribution in [0, 0.1) is 24.2 Å². The van der Waals surface area contributed by atoms with E-state index in [-0.39, 0.29) is 5.41 Å². The average molecular weight is 311 g/mol. The predicted molar refractivity (Wildman–Crippen MR) is 93.3 cm³/mol. The molecule has 23 heavy (non-hydrogen) atoms. The summed E-state index contributed by atoms with van der Waals surface area (Å²) in [5, 5.41) is 0. The molecule has 0 saturated heterocycles. The molecule has 0 aliphatic heterocycles. The highest BCUT2D eigenvalue weighted by Gasteiger charge is 2.58. The van der Waals surface area contributed by atoms with E-state index in [0.717, 1.165) is 18.3 Å². The number of amides is 1. The highest BCUT2D eigenvalue weighted by atomic mass is 16.2. The highest BCUT2D eigenvalue weighted by Crippen LogP contribution is 2.66. The largest absolute Gasteiger partial charge is 0.349 e. The molecule has 5 rings (SSSR count). The lowest BCUT2D eigenvalue weighted by atomic mass is 9.42. The summed E-state index contributed by atoms with van der Waals surface area (Å²) >= 11 is 0. The lowest BCUT2D eigenvalue weighted by molar-refractivity contribution is -0.138. The molecule has 4 atom stereocenters. The topological polar surface area (TPSA) is 20.3 Å². The number of aryl methyl sites for hydroxylation is 1. The van der Waals surface area contributed by atoms with Crippen LogP contribution in [0.5, 0.6) is 0 Å². The van der Waals surface area contributed by atoms with Gasteiger partial charge < -0.3 is 4.90 Å². The molecule has 2 nitrogen and oxygen atoms in total. The Morgan fingerprint density at radius 3 is 2.26 bits per heavy atom. The van der Waals surface area contributed by atoms with Gasteiger partial charge in [0.05, 0.1) is 0 Å². The van der Waals surface area contributed by atoms with E-state index in [4.69, 9.17) is 0 Å². The van der Waals surface area contributed by atoms with Crippen LogP contribution in [0.2, 0.25) is 0 Å². The molecule has 2 unspecified atom stereocenters. The summed E-state index contributed by atoms with van der Waals surface area (Å²) in [6.07, 6.45) is 8.68. The molecule has 4 saturated carbocycles. The standard InChI is InChI=1S/C21H29NO/c1-15-4-6-18(7-5-15)21-11-16-8-17(12-21)10-20(9-16,14-21)13-19(23)22(2)3/h4-7,16-17H,8-14H2,1-3H3/t16-,17+,20?,21?. The Kier molecular flexibility index (Phi) is 3.37. The maximum atomic E-state index is 12.4. The quantitative estimate of drug-likeness (QED) is 0.814. The summed E-state index contributed by atoms with van der Waals surface area (Å²) in [4.78, 5) is 14.2. The predicted octanol–water partition coefficient (Wildman–Crippen LogP) is 4.31. The first-order chi connectivity index (χ1) is 10.9. The van der Waals surface area contributed by atoms with Crippen LogP contribution in [0.3, 0.4) is 0 Å². The highest BCUT2D eigenvalue weighted by molar-refractivity contribution is 5.76. The minimum atomic E-state index is 0.274. The van der Waals surface area contributed by atoms with Crippen molar-refractivity contribution in [2.24, 2.45) is 17.3 Å². The van der Waals surface area contributed by atoms with E-state index in [0.29, 0.717) is 11.3 Å². The van der Waals surface area contributed by atoms with Crippen LogP contribution >= 0.6 is 0 Å². The van der Waals surface area contributed by atoms with E-state index in [2.05, 4.69) is 31.2 Å². The van der Waals surface area contributed by atoms with Gasteiger partial charge in [0, 0.05) is 20.5 Å². The van der Waals surface area contributed by atoms with Crippen LogP contribution in [0.4, 0.5) is 0 Å². The average Bonchev–Trinajstić information content (AvgIpc) is 2.45. The van der Waals surface area contributed by atoms with Gasteiger partial charge in [-0.2, -0.15) is 0 Å². The van der Waals surface area contributed by atoms with Crippen molar-refractivity contribution in [1.82, 2.24) is 4.90 Å². The zero-order chi connectivity index (χ0) is 16.2. The Bertz CT molecular complexity index is 601. The maximum absolute atomic E-state index is 12.4. The van der Waals surface area contributed by atoms with Crippen LogP contribution in [0.15, 0.2) is 24.3 Å². The SMILES string of the molecule is Cc1ccc(C23C[C@@H]4C[C@@H](CC(CC(=O)N(C)C)(C4)C2)C3)cc1. The fourth-order valence-corrected chi connectivity index (χ4v) is 6.38. The zero-order valence-corrected chi connectivity index (χ0v) is 14.8. The van der Waals surface area contributed by atoms with Crippen LogP contribution in [0.25, 0.3) is 0 Å². The molecule has 1 amide bonds. The molecule has 124 valence electrons. The van der Waals surface area contributed by atoms with Crippen molar-refractivity contribution in [3.63, 3.8) is 0 Å². The molecule has 4 bridgehead atoms. The lowest BCUT2D eigenvalue weighted by Gasteiger charge is -2.62. The molecule has 4 fully saturated rings. The summed E-state index contributed by atoms with van der Waals surface area (Å²) in [6.45, 7) is 2.17. The summed E-state index contributed by atoms with van der Waals surface area (Å²) in [5.41, 5.74) is 3.51. The molecule has 4 aliphatic rings. The molecule has 4 aliphatic carbocycles. The molecular weight excluding hydrogens is 282 g/mol. The number of hydrogen-bond acceptors (Lipinski definition) is 1. The van der Waals surface area contributed by atoms with E-state index in [9.17, 15) is 4.79 Å². The van der Waals surface area contributed by atoms with Gasteiger partial charge in [-0.25, -0.2) is 0 Å². The van der Waals surface area contributed by atoms with Crippen molar-refractivity contribution in [3.05, 3.63) is 35.4 Å². The molecule has 0 spiro atoms. The Morgan fingerprint density at radius 2 is 1.70 bits per heavy atom. The van der Waals surface area contributed by atoms with Crippen molar-refractivity contribution in [2.45, 2.75) is 57.3 Å². The molecule has 0 radical (unpaired) electrons. The van der Waals surface area contributed by atoms with Crippen molar-refractivity contribution in [3.8, 4) is 0 Å². The van der Waals surface area contributed by atoms with E-state index >= 15 is 0 Å². The van der Waals surface area contributed by atoms with Crippen molar-refractivity contribution in [2.75, 3.05) is 14.1 Å². The zero-order valence-electron chi connectivity index (χ0n) is 14.8. The lowest BCUT2D eigenvalue weighted by Crippen LogP contribution is -2.55. The molecule has 2 heteroatoms. The van der Waals surface area contributed by atoms with Gasteiger partial charge in [0.1, 0.15) is 0 Å². The summed E-state index contributed by atoms with van der Waals surface area (Å²) in [7, 11) is 3.80. The summed E-state index contributed by atoms with van der Waals surface area (Å²) in [5.74, 6) is 2.01. The van der Waals surface area contributed by atoms with Crippen LogP contribution in [-0.2, 0) is 10.2 Å². The fourth-order valence-electron chi connectivity index (χ4n) is 6.38. The van der Waals surface area contributed by atoms with Crippen molar-refractivity contribution < 1.29 is 4.79 Å². The van der Waals surface area contributed by atoms with Gasteiger partial charge in [-0.05, 0) is 73.7 Å². The van der Waals surface area contributed by atoms with Gasteiger partial charge >= 0.3 is 0 Å². The van der Waals surface area contributed by atoms with Gasteiger partial charge in [0.2, 0.25) is 5.91 Å². The summed E-state index contributed by atoms with van der Waals surface area (Å²) in [6, 6.07) is 9.27. The Hall–Kier alpha value is -1.31. The first kappa shape index (κ1) is 15.2. The third kappa shape index (κ3) is 2.51. The smallest absolute Gasteiger partial charge is 0.222 e. The van der Waals surface area contributed by atoms with E-state index in [1.807, 2.05) is 14.1 Å². The molecule has 0 heterocycles. The normalized spacial score (nSPS) is 37.9. The Balaban J connectivity index is 1.68.